The maximum absolute atomic E-state index is 11.8. The van der Waals surface area contributed by atoms with E-state index in [4.69, 9.17) is 22.5 Å². The molecular formula is C11H16ClN3O3S. The third kappa shape index (κ3) is 4.17. The van der Waals surface area contributed by atoms with E-state index in [2.05, 4.69) is 5.32 Å². The fraction of sp³-hybridized carbons (Fsp3) is 0.364. The molecule has 1 atom stereocenters. The highest BCUT2D eigenvalue weighted by Crippen LogP contribution is 2.25. The highest BCUT2D eigenvalue weighted by Gasteiger charge is 2.19. The van der Waals surface area contributed by atoms with Crippen molar-refractivity contribution < 1.29 is 13.2 Å². The Hall–Kier alpha value is -1.15. The predicted octanol–water partition coefficient (Wildman–Crippen LogP) is 0.909. The number of rotatable bonds is 4. The Bertz CT molecular complexity index is 587. The van der Waals surface area contributed by atoms with Crippen LogP contribution in [-0.2, 0) is 14.8 Å². The molecule has 0 unspecified atom stereocenters. The van der Waals surface area contributed by atoms with Crippen molar-refractivity contribution in [2.24, 2.45) is 16.8 Å². The molecule has 1 amide bonds. The molecule has 0 aliphatic rings. The van der Waals surface area contributed by atoms with E-state index < -0.39 is 22.0 Å². The molecular weight excluding hydrogens is 290 g/mol. The summed E-state index contributed by atoms with van der Waals surface area (Å²) in [7, 11) is -3.86. The number of nitrogens with one attached hydrogen (secondary N) is 1. The number of benzene rings is 1. The van der Waals surface area contributed by atoms with Crippen molar-refractivity contribution >= 4 is 33.2 Å². The van der Waals surface area contributed by atoms with Gasteiger partial charge in [-0.1, -0.05) is 25.4 Å². The molecule has 106 valence electrons. The summed E-state index contributed by atoms with van der Waals surface area (Å²) < 4.78 is 22.4. The number of hydrogen-bond acceptors (Lipinski definition) is 4. The Balaban J connectivity index is 3.05. The Kier molecular flexibility index (Phi) is 4.92. The van der Waals surface area contributed by atoms with E-state index in [9.17, 15) is 13.2 Å². The van der Waals surface area contributed by atoms with Crippen molar-refractivity contribution in [1.82, 2.24) is 0 Å². The zero-order valence-corrected chi connectivity index (χ0v) is 12.1. The minimum atomic E-state index is -3.86. The third-order valence-corrected chi connectivity index (χ3v) is 3.79. The van der Waals surface area contributed by atoms with Crippen molar-refractivity contribution in [2.45, 2.75) is 24.8 Å². The van der Waals surface area contributed by atoms with Crippen molar-refractivity contribution in [2.75, 3.05) is 5.32 Å². The molecule has 0 bridgehead atoms. The van der Waals surface area contributed by atoms with Gasteiger partial charge in [0.1, 0.15) is 0 Å². The summed E-state index contributed by atoms with van der Waals surface area (Å²) in [6.45, 7) is 3.60. The number of halogens is 1. The van der Waals surface area contributed by atoms with Gasteiger partial charge in [0.2, 0.25) is 15.9 Å². The zero-order chi connectivity index (χ0) is 14.8. The van der Waals surface area contributed by atoms with Crippen LogP contribution in [0.25, 0.3) is 0 Å². The SMILES string of the molecule is CC(C)[C@@H](N)C(=O)Nc1cc(S(N)(=O)=O)ccc1Cl. The normalized spacial score (nSPS) is 13.4. The van der Waals surface area contributed by atoms with Gasteiger partial charge in [-0.2, -0.15) is 0 Å². The van der Waals surface area contributed by atoms with E-state index in [0.717, 1.165) is 0 Å². The minimum Gasteiger partial charge on any atom is -0.323 e. The molecule has 0 saturated carbocycles. The highest BCUT2D eigenvalue weighted by molar-refractivity contribution is 7.89. The molecule has 6 nitrogen and oxygen atoms in total. The summed E-state index contributed by atoms with van der Waals surface area (Å²) in [6.07, 6.45) is 0. The first-order valence-corrected chi connectivity index (χ1v) is 7.44. The van der Waals surface area contributed by atoms with Gasteiger partial charge < -0.3 is 11.1 Å². The van der Waals surface area contributed by atoms with Crippen molar-refractivity contribution in [1.29, 1.82) is 0 Å². The lowest BCUT2D eigenvalue weighted by Gasteiger charge is -2.16. The van der Waals surface area contributed by atoms with Crippen LogP contribution in [0.4, 0.5) is 5.69 Å². The third-order valence-electron chi connectivity index (χ3n) is 2.55. The molecule has 1 aromatic rings. The lowest BCUT2D eigenvalue weighted by atomic mass is 10.1. The first-order valence-electron chi connectivity index (χ1n) is 5.51. The Morgan fingerprint density at radius 1 is 1.37 bits per heavy atom. The standard InChI is InChI=1S/C11H16ClN3O3S/c1-6(2)10(13)11(16)15-9-5-7(19(14,17)18)3-4-8(9)12/h3-6,10H,13H2,1-2H3,(H,15,16)(H2,14,17,18)/t10-/m1/s1. The molecule has 0 heterocycles. The van der Waals surface area contributed by atoms with E-state index >= 15 is 0 Å². The van der Waals surface area contributed by atoms with Gasteiger partial charge in [-0.05, 0) is 24.1 Å². The van der Waals surface area contributed by atoms with Gasteiger partial charge in [-0.3, -0.25) is 4.79 Å². The zero-order valence-electron chi connectivity index (χ0n) is 10.6. The molecule has 0 spiro atoms. The van der Waals surface area contributed by atoms with Gasteiger partial charge in [0.25, 0.3) is 0 Å². The number of amides is 1. The summed E-state index contributed by atoms with van der Waals surface area (Å²) in [5.74, 6) is -0.497. The molecule has 19 heavy (non-hydrogen) atoms. The van der Waals surface area contributed by atoms with Gasteiger partial charge in [0.15, 0.2) is 0 Å². The lowest BCUT2D eigenvalue weighted by Crippen LogP contribution is -2.39. The van der Waals surface area contributed by atoms with E-state index in [1.54, 1.807) is 13.8 Å². The minimum absolute atomic E-state index is 0.0554. The van der Waals surface area contributed by atoms with E-state index in [1.807, 2.05) is 0 Å². The Labute approximate surface area is 117 Å². The first-order chi connectivity index (χ1) is 8.62. The molecule has 0 fully saturated rings. The molecule has 5 N–H and O–H groups in total. The number of carbonyl (C=O) groups excluding carboxylic acids is 1. The summed E-state index contributed by atoms with van der Waals surface area (Å²) in [4.78, 5) is 11.7. The van der Waals surface area contributed by atoms with Crippen LogP contribution in [0.1, 0.15) is 13.8 Å². The quantitative estimate of drug-likeness (QED) is 0.766. The second-order valence-electron chi connectivity index (χ2n) is 4.45. The van der Waals surface area contributed by atoms with Crippen LogP contribution in [-0.4, -0.2) is 20.4 Å². The number of hydrogen-bond donors (Lipinski definition) is 3. The van der Waals surface area contributed by atoms with Crippen LogP contribution in [0.5, 0.6) is 0 Å². The average molecular weight is 306 g/mol. The number of carbonyl (C=O) groups is 1. The maximum atomic E-state index is 11.8. The molecule has 1 rings (SSSR count). The fourth-order valence-corrected chi connectivity index (χ4v) is 2.00. The van der Waals surface area contributed by atoms with Crippen LogP contribution >= 0.6 is 11.6 Å². The predicted molar refractivity (Wildman–Crippen MR) is 74.3 cm³/mol. The molecule has 0 saturated heterocycles. The van der Waals surface area contributed by atoms with Crippen LogP contribution in [0, 0.1) is 5.92 Å². The van der Waals surface area contributed by atoms with Crippen LogP contribution in [0.3, 0.4) is 0 Å². The number of nitrogens with two attached hydrogens (primary N) is 2. The van der Waals surface area contributed by atoms with E-state index in [1.165, 1.54) is 18.2 Å². The fourth-order valence-electron chi connectivity index (χ4n) is 1.30. The Morgan fingerprint density at radius 2 is 1.95 bits per heavy atom. The molecule has 0 radical (unpaired) electrons. The number of sulfonamides is 1. The monoisotopic (exact) mass is 305 g/mol. The van der Waals surface area contributed by atoms with Gasteiger partial charge in [0, 0.05) is 0 Å². The smallest absolute Gasteiger partial charge is 0.241 e. The second-order valence-corrected chi connectivity index (χ2v) is 6.41. The van der Waals surface area contributed by atoms with Gasteiger partial charge in [0.05, 0.1) is 21.6 Å². The maximum Gasteiger partial charge on any atom is 0.241 e. The summed E-state index contributed by atoms with van der Waals surface area (Å²) in [5.41, 5.74) is 5.85. The highest BCUT2D eigenvalue weighted by atomic mass is 35.5. The summed E-state index contributed by atoms with van der Waals surface area (Å²) in [6, 6.07) is 3.09. The number of primary sulfonamides is 1. The average Bonchev–Trinajstić information content (AvgIpc) is 2.29. The van der Waals surface area contributed by atoms with Gasteiger partial charge in [-0.25, -0.2) is 13.6 Å². The molecule has 1 aromatic carbocycles. The molecule has 0 aliphatic heterocycles. The molecule has 0 aliphatic carbocycles. The Morgan fingerprint density at radius 3 is 2.42 bits per heavy atom. The second kappa shape index (κ2) is 5.87. The van der Waals surface area contributed by atoms with Gasteiger partial charge >= 0.3 is 0 Å². The number of anilines is 1. The van der Waals surface area contributed by atoms with Crippen LogP contribution in [0.15, 0.2) is 23.1 Å². The van der Waals surface area contributed by atoms with Crippen molar-refractivity contribution in [3.05, 3.63) is 23.2 Å². The van der Waals surface area contributed by atoms with Crippen LogP contribution in [0.2, 0.25) is 5.02 Å². The largest absolute Gasteiger partial charge is 0.323 e. The van der Waals surface area contributed by atoms with Crippen molar-refractivity contribution in [3.8, 4) is 0 Å². The topological polar surface area (TPSA) is 115 Å². The molecule has 0 aromatic heterocycles. The molecule has 8 heteroatoms. The van der Waals surface area contributed by atoms with Crippen LogP contribution < -0.4 is 16.2 Å². The van der Waals surface area contributed by atoms with Crippen molar-refractivity contribution in [3.63, 3.8) is 0 Å². The van der Waals surface area contributed by atoms with E-state index in [0.29, 0.717) is 0 Å². The first kappa shape index (κ1) is 15.9. The summed E-state index contributed by atoms with van der Waals surface area (Å²) in [5, 5.41) is 7.70. The van der Waals surface area contributed by atoms with E-state index in [-0.39, 0.29) is 21.5 Å². The summed E-state index contributed by atoms with van der Waals surface area (Å²) >= 11 is 5.88. The lowest BCUT2D eigenvalue weighted by molar-refractivity contribution is -0.118. The van der Waals surface area contributed by atoms with Gasteiger partial charge in [-0.15, -0.1) is 0 Å².